The van der Waals surface area contributed by atoms with Crippen molar-refractivity contribution in [2.24, 2.45) is 5.92 Å². The van der Waals surface area contributed by atoms with E-state index in [2.05, 4.69) is 5.32 Å². The van der Waals surface area contributed by atoms with Gasteiger partial charge in [-0.25, -0.2) is 9.18 Å². The number of aliphatic carboxylic acids is 1. The maximum absolute atomic E-state index is 13.0. The lowest BCUT2D eigenvalue weighted by Crippen LogP contribution is -2.48. The van der Waals surface area contributed by atoms with Gasteiger partial charge in [-0.2, -0.15) is 0 Å². The molecular weight excluding hydrogens is 351 g/mol. The molecule has 3 N–H and O–H groups in total. The average Bonchev–Trinajstić information content (AvgIpc) is 3.11. The fourth-order valence-electron chi connectivity index (χ4n) is 4.17. The molecular formula is C20H27FN2O4. The van der Waals surface area contributed by atoms with Crippen molar-refractivity contribution in [2.45, 2.75) is 63.1 Å². The summed E-state index contributed by atoms with van der Waals surface area (Å²) in [6.07, 6.45) is 3.94. The summed E-state index contributed by atoms with van der Waals surface area (Å²) in [6.45, 7) is 0.650. The maximum atomic E-state index is 13.0. The molecule has 2 atom stereocenters. The molecule has 1 aromatic carbocycles. The average molecular weight is 378 g/mol. The van der Waals surface area contributed by atoms with Gasteiger partial charge in [0, 0.05) is 18.6 Å². The normalized spacial score (nSPS) is 26.6. The van der Waals surface area contributed by atoms with Crippen LogP contribution in [0.5, 0.6) is 0 Å². The SMILES string of the molecule is O=C(O)C1CCC(NC(=O)N2CCCC2CC(O)c2ccc(F)cc2)CC1. The van der Waals surface area contributed by atoms with Crippen molar-refractivity contribution < 1.29 is 24.2 Å². The predicted octanol–water partition coefficient (Wildman–Crippen LogP) is 3.07. The summed E-state index contributed by atoms with van der Waals surface area (Å²) in [5.41, 5.74) is 0.649. The van der Waals surface area contributed by atoms with Gasteiger partial charge in [-0.1, -0.05) is 12.1 Å². The molecule has 2 unspecified atom stereocenters. The van der Waals surface area contributed by atoms with Crippen molar-refractivity contribution in [3.8, 4) is 0 Å². The van der Waals surface area contributed by atoms with Crippen LogP contribution in [0.3, 0.4) is 0 Å². The Morgan fingerprint density at radius 2 is 1.81 bits per heavy atom. The Hall–Kier alpha value is -2.15. The van der Waals surface area contributed by atoms with Crippen LogP contribution in [-0.2, 0) is 4.79 Å². The molecule has 0 aromatic heterocycles. The second-order valence-corrected chi connectivity index (χ2v) is 7.63. The second-order valence-electron chi connectivity index (χ2n) is 7.63. The summed E-state index contributed by atoms with van der Waals surface area (Å²) in [4.78, 5) is 25.5. The molecule has 2 fully saturated rings. The molecule has 0 spiro atoms. The van der Waals surface area contributed by atoms with Crippen molar-refractivity contribution in [1.29, 1.82) is 0 Å². The van der Waals surface area contributed by atoms with Gasteiger partial charge >= 0.3 is 12.0 Å². The number of nitrogens with one attached hydrogen (secondary N) is 1. The number of aliphatic hydroxyl groups is 1. The molecule has 6 nitrogen and oxygen atoms in total. The minimum absolute atomic E-state index is 0.0105. The Labute approximate surface area is 158 Å². The summed E-state index contributed by atoms with van der Waals surface area (Å²) >= 11 is 0. The Morgan fingerprint density at radius 1 is 1.15 bits per heavy atom. The number of nitrogens with zero attached hydrogens (tertiary/aromatic N) is 1. The van der Waals surface area contributed by atoms with E-state index in [4.69, 9.17) is 5.11 Å². The number of benzene rings is 1. The monoisotopic (exact) mass is 378 g/mol. The Morgan fingerprint density at radius 3 is 2.44 bits per heavy atom. The first-order chi connectivity index (χ1) is 12.9. The smallest absolute Gasteiger partial charge is 0.317 e. The molecule has 0 bridgehead atoms. The number of carboxylic acid groups (broad SMARTS) is 1. The van der Waals surface area contributed by atoms with E-state index in [0.29, 0.717) is 44.2 Å². The number of carboxylic acids is 1. The molecule has 1 aliphatic carbocycles. The highest BCUT2D eigenvalue weighted by molar-refractivity contribution is 5.75. The van der Waals surface area contributed by atoms with Crippen LogP contribution in [0.2, 0.25) is 0 Å². The lowest BCUT2D eigenvalue weighted by atomic mass is 9.86. The number of hydrogen-bond acceptors (Lipinski definition) is 3. The van der Waals surface area contributed by atoms with Crippen molar-refractivity contribution in [3.63, 3.8) is 0 Å². The number of hydrogen-bond donors (Lipinski definition) is 3. The topological polar surface area (TPSA) is 89.9 Å². The number of carbonyl (C=O) groups is 2. The molecule has 27 heavy (non-hydrogen) atoms. The summed E-state index contributed by atoms with van der Waals surface area (Å²) in [5, 5.41) is 22.5. The first-order valence-corrected chi connectivity index (χ1v) is 9.67. The first-order valence-electron chi connectivity index (χ1n) is 9.67. The number of carbonyl (C=O) groups excluding carboxylic acids is 1. The number of likely N-dealkylation sites (tertiary alicyclic amines) is 1. The minimum atomic E-state index is -0.755. The van der Waals surface area contributed by atoms with Crippen molar-refractivity contribution in [1.82, 2.24) is 10.2 Å². The molecule has 148 valence electrons. The van der Waals surface area contributed by atoms with Crippen LogP contribution in [0.1, 0.15) is 56.6 Å². The highest BCUT2D eigenvalue weighted by Crippen LogP contribution is 2.29. The van der Waals surface area contributed by atoms with Gasteiger partial charge in [0.1, 0.15) is 5.82 Å². The van der Waals surface area contributed by atoms with Crippen LogP contribution in [0, 0.1) is 11.7 Å². The Bertz CT molecular complexity index is 658. The summed E-state index contributed by atoms with van der Waals surface area (Å²) in [7, 11) is 0. The summed E-state index contributed by atoms with van der Waals surface area (Å²) in [6, 6.07) is 5.61. The van der Waals surface area contributed by atoms with Crippen LogP contribution in [0.4, 0.5) is 9.18 Å². The summed E-state index contributed by atoms with van der Waals surface area (Å²) in [5.74, 6) is -1.40. The van der Waals surface area contributed by atoms with Crippen LogP contribution in [0.15, 0.2) is 24.3 Å². The van der Waals surface area contributed by atoms with E-state index in [9.17, 15) is 19.1 Å². The third kappa shape index (κ3) is 4.97. The van der Waals surface area contributed by atoms with Gasteiger partial charge in [0.15, 0.2) is 0 Å². The van der Waals surface area contributed by atoms with Crippen molar-refractivity contribution in [2.75, 3.05) is 6.54 Å². The van der Waals surface area contributed by atoms with Crippen LogP contribution >= 0.6 is 0 Å². The Kier molecular flexibility index (Phi) is 6.31. The number of urea groups is 1. The largest absolute Gasteiger partial charge is 0.481 e. The van der Waals surface area contributed by atoms with E-state index >= 15 is 0 Å². The van der Waals surface area contributed by atoms with Gasteiger partial charge < -0.3 is 20.4 Å². The Balaban J connectivity index is 1.52. The molecule has 3 rings (SSSR count). The molecule has 2 aliphatic rings. The highest BCUT2D eigenvalue weighted by Gasteiger charge is 2.33. The van der Waals surface area contributed by atoms with E-state index in [1.165, 1.54) is 12.1 Å². The maximum Gasteiger partial charge on any atom is 0.317 e. The van der Waals surface area contributed by atoms with Crippen LogP contribution in [-0.4, -0.2) is 45.7 Å². The molecule has 1 saturated heterocycles. The van der Waals surface area contributed by atoms with E-state index in [-0.39, 0.29) is 29.8 Å². The molecule has 1 aliphatic heterocycles. The van der Waals surface area contributed by atoms with Crippen LogP contribution < -0.4 is 5.32 Å². The molecule has 1 aromatic rings. The standard InChI is InChI=1S/C20H27FN2O4/c21-15-7-3-13(4-8-15)18(24)12-17-2-1-11-23(17)20(27)22-16-9-5-14(6-10-16)19(25)26/h3-4,7-8,14,16-18,24H,1-2,5-6,9-12H2,(H,22,27)(H,25,26). The number of aliphatic hydroxyl groups excluding tert-OH is 1. The summed E-state index contributed by atoms with van der Waals surface area (Å²) < 4.78 is 13.0. The quantitative estimate of drug-likeness (QED) is 0.735. The molecule has 7 heteroatoms. The number of amides is 2. The molecule has 0 radical (unpaired) electrons. The van der Waals surface area contributed by atoms with Gasteiger partial charge in [-0.05, 0) is 62.6 Å². The minimum Gasteiger partial charge on any atom is -0.481 e. The number of rotatable bonds is 5. The second kappa shape index (κ2) is 8.69. The third-order valence-corrected chi connectivity index (χ3v) is 5.79. The van der Waals surface area contributed by atoms with Gasteiger partial charge in [-0.15, -0.1) is 0 Å². The van der Waals surface area contributed by atoms with E-state index in [1.807, 2.05) is 0 Å². The number of halogens is 1. The zero-order chi connectivity index (χ0) is 19.4. The molecule has 1 heterocycles. The molecule has 1 saturated carbocycles. The lowest BCUT2D eigenvalue weighted by Gasteiger charge is -2.31. The van der Waals surface area contributed by atoms with Crippen molar-refractivity contribution >= 4 is 12.0 Å². The fourth-order valence-corrected chi connectivity index (χ4v) is 4.17. The van der Waals surface area contributed by atoms with E-state index < -0.39 is 12.1 Å². The third-order valence-electron chi connectivity index (χ3n) is 5.79. The van der Waals surface area contributed by atoms with Crippen LogP contribution in [0.25, 0.3) is 0 Å². The van der Waals surface area contributed by atoms with Gasteiger partial charge in [0.2, 0.25) is 0 Å². The lowest BCUT2D eigenvalue weighted by molar-refractivity contribution is -0.142. The highest BCUT2D eigenvalue weighted by atomic mass is 19.1. The fraction of sp³-hybridized carbons (Fsp3) is 0.600. The van der Waals surface area contributed by atoms with E-state index in [1.54, 1.807) is 17.0 Å². The predicted molar refractivity (Wildman–Crippen MR) is 97.6 cm³/mol. The molecule has 2 amide bonds. The zero-order valence-corrected chi connectivity index (χ0v) is 15.3. The first kappa shape index (κ1) is 19.6. The van der Waals surface area contributed by atoms with Gasteiger partial charge in [-0.3, -0.25) is 4.79 Å². The zero-order valence-electron chi connectivity index (χ0n) is 15.3. The van der Waals surface area contributed by atoms with Gasteiger partial charge in [0.25, 0.3) is 0 Å². The van der Waals surface area contributed by atoms with Gasteiger partial charge in [0.05, 0.1) is 12.0 Å². The van der Waals surface area contributed by atoms with E-state index in [0.717, 1.165) is 12.8 Å². The van der Waals surface area contributed by atoms with Crippen molar-refractivity contribution in [3.05, 3.63) is 35.6 Å².